The van der Waals surface area contributed by atoms with Crippen molar-refractivity contribution in [1.82, 2.24) is 4.98 Å². The van der Waals surface area contributed by atoms with Crippen LogP contribution in [0.4, 0.5) is 0 Å². The zero-order valence-electron chi connectivity index (χ0n) is 16.0. The lowest BCUT2D eigenvalue weighted by Crippen LogP contribution is -2.33. The minimum absolute atomic E-state index is 0.129. The molecule has 2 aromatic rings. The molecule has 0 aliphatic heterocycles. The highest BCUT2D eigenvalue weighted by Crippen LogP contribution is 2.30. The van der Waals surface area contributed by atoms with Gasteiger partial charge in [-0.15, -0.1) is 0 Å². The maximum atomic E-state index is 12.6. The summed E-state index contributed by atoms with van der Waals surface area (Å²) in [5, 5.41) is -0.497. The summed E-state index contributed by atoms with van der Waals surface area (Å²) in [5.74, 6) is -0.979. The summed E-state index contributed by atoms with van der Waals surface area (Å²) in [4.78, 5) is 29.1. The van der Waals surface area contributed by atoms with Crippen molar-refractivity contribution in [2.45, 2.75) is 69.6 Å². The van der Waals surface area contributed by atoms with Crippen LogP contribution in [0.15, 0.2) is 33.9 Å². The normalized spacial score (nSPS) is 13.5. The highest BCUT2D eigenvalue weighted by molar-refractivity contribution is 8.00. The number of aromatic nitrogens is 1. The van der Waals surface area contributed by atoms with Crippen molar-refractivity contribution in [3.63, 3.8) is 0 Å². The largest absolute Gasteiger partial charge is 0.460 e. The van der Waals surface area contributed by atoms with Crippen LogP contribution in [-0.4, -0.2) is 33.4 Å². The van der Waals surface area contributed by atoms with E-state index in [2.05, 4.69) is 4.98 Å². The number of oxazole rings is 1. The van der Waals surface area contributed by atoms with Gasteiger partial charge < -0.3 is 13.9 Å². The number of ether oxygens (including phenoxy) is 2. The number of para-hydroxylation sites is 2. The summed E-state index contributed by atoms with van der Waals surface area (Å²) < 4.78 is 16.4. The Bertz CT molecular complexity index is 752. The summed E-state index contributed by atoms with van der Waals surface area (Å²) in [5.41, 5.74) is 0.0219. The molecular weight excluding hydrogens is 354 g/mol. The van der Waals surface area contributed by atoms with Crippen molar-refractivity contribution in [2.24, 2.45) is 0 Å². The number of thioether (sulfide) groups is 1. The van der Waals surface area contributed by atoms with Gasteiger partial charge >= 0.3 is 11.9 Å². The number of carbonyl (C=O) groups is 2. The minimum Gasteiger partial charge on any atom is -0.460 e. The van der Waals surface area contributed by atoms with Crippen LogP contribution in [-0.2, 0) is 19.1 Å². The molecule has 0 saturated heterocycles. The summed E-state index contributed by atoms with van der Waals surface area (Å²) >= 11 is 1.06. The Morgan fingerprint density at radius 2 is 1.69 bits per heavy atom. The predicted octanol–water partition coefficient (Wildman–Crippen LogP) is 4.36. The Morgan fingerprint density at radius 1 is 1.08 bits per heavy atom. The number of hydrogen-bond donors (Lipinski definition) is 0. The number of fused-ring (bicyclic) bond motifs is 1. The van der Waals surface area contributed by atoms with E-state index in [0.29, 0.717) is 16.3 Å². The molecule has 7 heteroatoms. The lowest BCUT2D eigenvalue weighted by molar-refractivity contribution is -0.161. The van der Waals surface area contributed by atoms with E-state index >= 15 is 0 Å². The molecule has 1 aromatic carbocycles. The Hall–Kier alpha value is -2.02. The molecule has 1 unspecified atom stereocenters. The van der Waals surface area contributed by atoms with Gasteiger partial charge in [-0.1, -0.05) is 23.9 Å². The first-order valence-electron chi connectivity index (χ1n) is 8.40. The first kappa shape index (κ1) is 20.3. The van der Waals surface area contributed by atoms with Gasteiger partial charge in [0.25, 0.3) is 5.22 Å². The molecule has 0 aliphatic rings. The van der Waals surface area contributed by atoms with Crippen molar-refractivity contribution >= 4 is 34.8 Å². The van der Waals surface area contributed by atoms with Gasteiger partial charge in [-0.2, -0.15) is 0 Å². The first-order valence-corrected chi connectivity index (χ1v) is 9.28. The fourth-order valence-corrected chi connectivity index (χ4v) is 2.99. The van der Waals surface area contributed by atoms with Crippen LogP contribution in [0.3, 0.4) is 0 Å². The molecule has 142 valence electrons. The first-order chi connectivity index (χ1) is 11.9. The number of hydrogen-bond acceptors (Lipinski definition) is 7. The summed E-state index contributed by atoms with van der Waals surface area (Å²) in [6, 6.07) is 7.31. The average Bonchev–Trinajstić information content (AvgIpc) is 2.84. The highest BCUT2D eigenvalue weighted by Gasteiger charge is 2.31. The fraction of sp³-hybridized carbons (Fsp3) is 0.526. The second-order valence-electron chi connectivity index (χ2n) is 7.88. The van der Waals surface area contributed by atoms with E-state index in [1.54, 1.807) is 47.6 Å². The number of esters is 2. The maximum Gasteiger partial charge on any atom is 0.320 e. The van der Waals surface area contributed by atoms with Gasteiger partial charge in [0.15, 0.2) is 5.58 Å². The van der Waals surface area contributed by atoms with E-state index in [0.717, 1.165) is 11.8 Å². The third-order valence-electron chi connectivity index (χ3n) is 2.96. The van der Waals surface area contributed by atoms with E-state index in [-0.39, 0.29) is 6.42 Å². The number of rotatable bonds is 5. The van der Waals surface area contributed by atoms with Crippen LogP contribution in [0.25, 0.3) is 11.1 Å². The quantitative estimate of drug-likeness (QED) is 0.564. The van der Waals surface area contributed by atoms with Gasteiger partial charge in [-0.05, 0) is 53.7 Å². The SMILES string of the molecule is CC(C)(C)OC(=O)CC(Sc1nc2ccccc2o1)C(=O)OC(C)(C)C. The van der Waals surface area contributed by atoms with Crippen LogP contribution in [0.5, 0.6) is 0 Å². The van der Waals surface area contributed by atoms with Crippen LogP contribution in [0.2, 0.25) is 0 Å². The fourth-order valence-electron chi connectivity index (χ4n) is 2.10. The Balaban J connectivity index is 2.18. The van der Waals surface area contributed by atoms with Crippen molar-refractivity contribution in [2.75, 3.05) is 0 Å². The minimum atomic E-state index is -0.808. The van der Waals surface area contributed by atoms with E-state index in [1.807, 2.05) is 18.2 Å². The molecule has 0 amide bonds. The molecule has 26 heavy (non-hydrogen) atoms. The van der Waals surface area contributed by atoms with Crippen LogP contribution >= 0.6 is 11.8 Å². The van der Waals surface area contributed by atoms with Gasteiger partial charge in [-0.3, -0.25) is 9.59 Å². The van der Waals surface area contributed by atoms with E-state index in [1.165, 1.54) is 0 Å². The van der Waals surface area contributed by atoms with Crippen molar-refractivity contribution in [3.05, 3.63) is 24.3 Å². The van der Waals surface area contributed by atoms with Crippen LogP contribution in [0, 0.1) is 0 Å². The molecule has 1 atom stereocenters. The van der Waals surface area contributed by atoms with Gasteiger partial charge in [-0.25, -0.2) is 4.98 Å². The highest BCUT2D eigenvalue weighted by atomic mass is 32.2. The lowest BCUT2D eigenvalue weighted by atomic mass is 10.2. The van der Waals surface area contributed by atoms with Gasteiger partial charge in [0.1, 0.15) is 22.0 Å². The lowest BCUT2D eigenvalue weighted by Gasteiger charge is -2.24. The Kier molecular flexibility index (Phi) is 6.01. The molecule has 1 aromatic heterocycles. The third-order valence-corrected chi connectivity index (χ3v) is 3.98. The van der Waals surface area contributed by atoms with Gasteiger partial charge in [0, 0.05) is 0 Å². The van der Waals surface area contributed by atoms with E-state index in [4.69, 9.17) is 13.9 Å². The summed E-state index contributed by atoms with van der Waals surface area (Å²) in [6.45, 7) is 10.7. The third kappa shape index (κ3) is 6.37. The summed E-state index contributed by atoms with van der Waals surface area (Å²) in [6.07, 6.45) is -0.129. The maximum absolute atomic E-state index is 12.6. The standard InChI is InChI=1S/C19H25NO5S/c1-18(2,3)24-15(21)11-14(16(22)25-19(4,5)6)26-17-20-12-9-7-8-10-13(12)23-17/h7-10,14H,11H2,1-6H3. The number of benzene rings is 1. The van der Waals surface area contributed by atoms with Crippen LogP contribution < -0.4 is 0 Å². The number of nitrogens with zero attached hydrogens (tertiary/aromatic N) is 1. The smallest absolute Gasteiger partial charge is 0.320 e. The Morgan fingerprint density at radius 3 is 2.27 bits per heavy atom. The molecule has 0 radical (unpaired) electrons. The van der Waals surface area contributed by atoms with E-state index < -0.39 is 28.4 Å². The van der Waals surface area contributed by atoms with Crippen molar-refractivity contribution < 1.29 is 23.5 Å². The summed E-state index contributed by atoms with van der Waals surface area (Å²) in [7, 11) is 0. The zero-order chi connectivity index (χ0) is 19.5. The number of carbonyl (C=O) groups excluding carboxylic acids is 2. The monoisotopic (exact) mass is 379 g/mol. The molecule has 0 saturated carbocycles. The molecule has 0 aliphatic carbocycles. The average molecular weight is 379 g/mol. The second-order valence-corrected chi connectivity index (χ2v) is 9.03. The van der Waals surface area contributed by atoms with Crippen LogP contribution in [0.1, 0.15) is 48.0 Å². The van der Waals surface area contributed by atoms with Gasteiger partial charge in [0.05, 0.1) is 6.42 Å². The molecule has 6 nitrogen and oxygen atoms in total. The predicted molar refractivity (Wildman–Crippen MR) is 100.0 cm³/mol. The molecule has 0 bridgehead atoms. The van der Waals surface area contributed by atoms with Crippen molar-refractivity contribution in [1.29, 1.82) is 0 Å². The molecule has 2 rings (SSSR count). The molecule has 0 fully saturated rings. The molecule has 1 heterocycles. The molecule has 0 spiro atoms. The second kappa shape index (κ2) is 7.70. The Labute approximate surface area is 157 Å². The topological polar surface area (TPSA) is 78.6 Å². The molecule has 0 N–H and O–H groups in total. The van der Waals surface area contributed by atoms with Gasteiger partial charge in [0.2, 0.25) is 0 Å². The van der Waals surface area contributed by atoms with E-state index in [9.17, 15) is 9.59 Å². The van der Waals surface area contributed by atoms with Crippen molar-refractivity contribution in [3.8, 4) is 0 Å². The zero-order valence-corrected chi connectivity index (χ0v) is 16.8. The molecular formula is C19H25NO5S.